The molecule has 0 unspecified atom stereocenters. The van der Waals surface area contributed by atoms with Gasteiger partial charge in [0.15, 0.2) is 5.82 Å². The smallest absolute Gasteiger partial charge is 0.257 e. The van der Waals surface area contributed by atoms with Crippen molar-refractivity contribution in [3.63, 3.8) is 0 Å². The Morgan fingerprint density at radius 1 is 1.00 bits per heavy atom. The Hall–Kier alpha value is -3.47. The van der Waals surface area contributed by atoms with Crippen molar-refractivity contribution in [2.75, 3.05) is 5.32 Å². The number of fused-ring (bicyclic) bond motifs is 1. The van der Waals surface area contributed by atoms with Crippen LogP contribution in [0.3, 0.4) is 0 Å². The summed E-state index contributed by atoms with van der Waals surface area (Å²) < 4.78 is 1.73. The second kappa shape index (κ2) is 6.68. The Kier molecular flexibility index (Phi) is 4.20. The van der Waals surface area contributed by atoms with E-state index in [2.05, 4.69) is 10.4 Å². The van der Waals surface area contributed by atoms with Gasteiger partial charge in [0.2, 0.25) is 0 Å². The first-order chi connectivity index (χ1) is 13.0. The van der Waals surface area contributed by atoms with E-state index < -0.39 is 0 Å². The minimum atomic E-state index is -0.194. The number of nitrogens with zero attached hydrogens (tertiary/aromatic N) is 3. The Morgan fingerprint density at radius 3 is 2.44 bits per heavy atom. The van der Waals surface area contributed by atoms with Crippen LogP contribution in [0.15, 0.2) is 60.7 Å². The van der Waals surface area contributed by atoms with Crippen molar-refractivity contribution in [3.8, 4) is 11.3 Å². The first kappa shape index (κ1) is 17.0. The van der Waals surface area contributed by atoms with Crippen molar-refractivity contribution in [2.45, 2.75) is 13.8 Å². The quantitative estimate of drug-likeness (QED) is 0.588. The van der Waals surface area contributed by atoms with E-state index in [-0.39, 0.29) is 5.91 Å². The van der Waals surface area contributed by atoms with Crippen molar-refractivity contribution in [1.82, 2.24) is 14.8 Å². The number of pyridine rings is 1. The van der Waals surface area contributed by atoms with Gasteiger partial charge in [-0.15, -0.1) is 0 Å². The van der Waals surface area contributed by atoms with Crippen LogP contribution in [-0.2, 0) is 7.05 Å². The highest BCUT2D eigenvalue weighted by molar-refractivity contribution is 6.12. The van der Waals surface area contributed by atoms with Gasteiger partial charge < -0.3 is 5.32 Å². The van der Waals surface area contributed by atoms with E-state index in [1.54, 1.807) is 4.68 Å². The van der Waals surface area contributed by atoms with E-state index in [0.29, 0.717) is 11.4 Å². The third kappa shape index (κ3) is 3.31. The lowest BCUT2D eigenvalue weighted by Gasteiger charge is -2.10. The highest BCUT2D eigenvalue weighted by atomic mass is 16.1. The predicted molar refractivity (Wildman–Crippen MR) is 108 cm³/mol. The van der Waals surface area contributed by atoms with Gasteiger partial charge in [-0.25, -0.2) is 4.98 Å². The van der Waals surface area contributed by atoms with Gasteiger partial charge in [0.05, 0.1) is 16.8 Å². The number of nitrogens with one attached hydrogen (secondary N) is 1. The van der Waals surface area contributed by atoms with Crippen LogP contribution in [0.25, 0.3) is 22.2 Å². The summed E-state index contributed by atoms with van der Waals surface area (Å²) in [5.41, 5.74) is 5.29. The van der Waals surface area contributed by atoms with E-state index in [1.807, 2.05) is 81.6 Å². The molecule has 5 heteroatoms. The Labute approximate surface area is 157 Å². The average molecular weight is 356 g/mol. The molecule has 0 atom stereocenters. The molecule has 0 aliphatic heterocycles. The maximum atomic E-state index is 13.0. The highest BCUT2D eigenvalue weighted by Crippen LogP contribution is 2.26. The van der Waals surface area contributed by atoms with Crippen LogP contribution in [0.4, 0.5) is 5.82 Å². The number of benzene rings is 2. The molecule has 0 aliphatic carbocycles. The number of carbonyl (C=O) groups is 1. The van der Waals surface area contributed by atoms with E-state index in [1.165, 1.54) is 5.56 Å². The summed E-state index contributed by atoms with van der Waals surface area (Å²) in [6.45, 7) is 3.99. The summed E-state index contributed by atoms with van der Waals surface area (Å²) in [5.74, 6) is 0.345. The average Bonchev–Trinajstić information content (AvgIpc) is 2.98. The summed E-state index contributed by atoms with van der Waals surface area (Å²) in [4.78, 5) is 17.7. The first-order valence-electron chi connectivity index (χ1n) is 8.80. The third-order valence-electron chi connectivity index (χ3n) is 4.66. The molecule has 0 fully saturated rings. The number of aryl methyl sites for hydroxylation is 3. The number of hydrogen-bond donors (Lipinski definition) is 1. The number of anilines is 1. The third-order valence-corrected chi connectivity index (χ3v) is 4.66. The topological polar surface area (TPSA) is 59.8 Å². The number of carbonyl (C=O) groups excluding carboxylic acids is 1. The molecule has 0 saturated carbocycles. The van der Waals surface area contributed by atoms with Crippen molar-refractivity contribution in [1.29, 1.82) is 0 Å². The molecule has 0 spiro atoms. The van der Waals surface area contributed by atoms with Crippen LogP contribution < -0.4 is 5.32 Å². The van der Waals surface area contributed by atoms with Gasteiger partial charge in [0.25, 0.3) is 5.91 Å². The number of para-hydroxylation sites is 1. The number of aromatic nitrogens is 3. The lowest BCUT2D eigenvalue weighted by atomic mass is 10.0. The molecule has 1 N–H and O–H groups in total. The Morgan fingerprint density at radius 2 is 1.74 bits per heavy atom. The molecule has 5 nitrogen and oxygen atoms in total. The van der Waals surface area contributed by atoms with Crippen LogP contribution in [0.5, 0.6) is 0 Å². The van der Waals surface area contributed by atoms with Crippen molar-refractivity contribution in [3.05, 3.63) is 77.5 Å². The standard InChI is InChI=1S/C22H20N4O/c1-14-8-10-16(11-9-14)20-13-18(17-6-4-5-7-19(17)23-20)22(27)24-21-12-15(2)26(3)25-21/h4-13H,1-3H3,(H,24,25,27). The van der Waals surface area contributed by atoms with Crippen molar-refractivity contribution < 1.29 is 4.79 Å². The lowest BCUT2D eigenvalue weighted by Crippen LogP contribution is -2.13. The van der Waals surface area contributed by atoms with E-state index in [4.69, 9.17) is 4.98 Å². The molecular weight excluding hydrogens is 336 g/mol. The molecule has 0 saturated heterocycles. The van der Waals surface area contributed by atoms with Gasteiger partial charge in [-0.05, 0) is 26.0 Å². The number of amides is 1. The molecule has 2 aromatic heterocycles. The largest absolute Gasteiger partial charge is 0.305 e. The number of hydrogen-bond acceptors (Lipinski definition) is 3. The molecule has 4 rings (SSSR count). The summed E-state index contributed by atoms with van der Waals surface area (Å²) >= 11 is 0. The minimum Gasteiger partial charge on any atom is -0.305 e. The molecule has 1 amide bonds. The van der Waals surface area contributed by atoms with Gasteiger partial charge >= 0.3 is 0 Å². The van der Waals surface area contributed by atoms with Gasteiger partial charge in [-0.3, -0.25) is 9.48 Å². The zero-order valence-corrected chi connectivity index (χ0v) is 15.5. The summed E-state index contributed by atoms with van der Waals surface area (Å²) in [6.07, 6.45) is 0. The molecule has 2 aromatic carbocycles. The second-order valence-corrected chi connectivity index (χ2v) is 6.69. The fourth-order valence-electron chi connectivity index (χ4n) is 3.04. The van der Waals surface area contributed by atoms with E-state index in [9.17, 15) is 4.79 Å². The van der Waals surface area contributed by atoms with Crippen LogP contribution in [0.2, 0.25) is 0 Å². The van der Waals surface area contributed by atoms with Gasteiger partial charge in [0, 0.05) is 29.8 Å². The summed E-state index contributed by atoms with van der Waals surface area (Å²) in [7, 11) is 1.85. The molecule has 0 radical (unpaired) electrons. The Bertz CT molecular complexity index is 1120. The monoisotopic (exact) mass is 356 g/mol. The molecule has 27 heavy (non-hydrogen) atoms. The van der Waals surface area contributed by atoms with Gasteiger partial charge in [0.1, 0.15) is 0 Å². The Balaban J connectivity index is 1.80. The van der Waals surface area contributed by atoms with Crippen LogP contribution in [-0.4, -0.2) is 20.7 Å². The fraction of sp³-hybridized carbons (Fsp3) is 0.136. The normalized spacial score (nSPS) is 10.9. The lowest BCUT2D eigenvalue weighted by molar-refractivity contribution is 0.102. The van der Waals surface area contributed by atoms with Gasteiger partial charge in [-0.2, -0.15) is 5.10 Å². The van der Waals surface area contributed by atoms with E-state index in [0.717, 1.165) is 27.9 Å². The number of rotatable bonds is 3. The zero-order chi connectivity index (χ0) is 19.0. The predicted octanol–water partition coefficient (Wildman–Crippen LogP) is 4.50. The van der Waals surface area contributed by atoms with Crippen molar-refractivity contribution in [2.24, 2.45) is 7.05 Å². The maximum absolute atomic E-state index is 13.0. The minimum absolute atomic E-state index is 0.194. The molecule has 0 bridgehead atoms. The molecule has 2 heterocycles. The molecular formula is C22H20N4O. The molecule has 4 aromatic rings. The summed E-state index contributed by atoms with van der Waals surface area (Å²) in [5, 5.41) is 8.03. The SMILES string of the molecule is Cc1ccc(-c2cc(C(=O)Nc3cc(C)n(C)n3)c3ccccc3n2)cc1. The zero-order valence-electron chi connectivity index (χ0n) is 15.5. The first-order valence-corrected chi connectivity index (χ1v) is 8.80. The van der Waals surface area contributed by atoms with E-state index >= 15 is 0 Å². The molecule has 0 aliphatic rings. The fourth-order valence-corrected chi connectivity index (χ4v) is 3.04. The summed E-state index contributed by atoms with van der Waals surface area (Å²) in [6, 6.07) is 19.5. The van der Waals surface area contributed by atoms with Crippen molar-refractivity contribution >= 4 is 22.6 Å². The maximum Gasteiger partial charge on any atom is 0.257 e. The van der Waals surface area contributed by atoms with Crippen LogP contribution in [0, 0.1) is 13.8 Å². The second-order valence-electron chi connectivity index (χ2n) is 6.69. The van der Waals surface area contributed by atoms with Crippen LogP contribution >= 0.6 is 0 Å². The van der Waals surface area contributed by atoms with Gasteiger partial charge in [-0.1, -0.05) is 48.0 Å². The van der Waals surface area contributed by atoms with Crippen LogP contribution in [0.1, 0.15) is 21.6 Å². The highest BCUT2D eigenvalue weighted by Gasteiger charge is 2.15. The molecule has 134 valence electrons.